The number of rotatable bonds is 4. The van der Waals surface area contributed by atoms with Crippen molar-refractivity contribution in [3.8, 4) is 5.75 Å². The van der Waals surface area contributed by atoms with Crippen molar-refractivity contribution in [2.45, 2.75) is 27.4 Å². The number of carbonyl (C=O) groups is 1. The third-order valence-electron chi connectivity index (χ3n) is 4.69. The lowest BCUT2D eigenvalue weighted by atomic mass is 10.1. The number of benzene rings is 1. The largest absolute Gasteiger partial charge is 0.486 e. The van der Waals surface area contributed by atoms with Crippen molar-refractivity contribution in [1.82, 2.24) is 24.5 Å². The molecule has 4 aromatic rings. The molecule has 0 spiro atoms. The van der Waals surface area contributed by atoms with Crippen molar-refractivity contribution in [3.63, 3.8) is 0 Å². The molecule has 0 N–H and O–H groups in total. The fourth-order valence-corrected chi connectivity index (χ4v) is 4.46. The molecule has 0 atom stereocenters. The maximum Gasteiger partial charge on any atom is 0.263 e. The minimum absolute atomic E-state index is 0.0415. The van der Waals surface area contributed by atoms with Crippen molar-refractivity contribution in [2.75, 3.05) is 14.1 Å². The number of fused-ring (bicyclic) bond motifs is 3. The summed E-state index contributed by atoms with van der Waals surface area (Å²) in [5.74, 6) is 1.22. The highest BCUT2D eigenvalue weighted by molar-refractivity contribution is 7.20. The number of amides is 1. The van der Waals surface area contributed by atoms with Gasteiger partial charge in [-0.1, -0.05) is 11.6 Å². The van der Waals surface area contributed by atoms with Gasteiger partial charge in [0.15, 0.2) is 11.5 Å². The lowest BCUT2D eigenvalue weighted by Gasteiger charge is -2.08. The van der Waals surface area contributed by atoms with Crippen LogP contribution in [0.5, 0.6) is 5.75 Å². The molecule has 0 aliphatic carbocycles. The molecule has 0 unspecified atom stereocenters. The van der Waals surface area contributed by atoms with Gasteiger partial charge in [-0.2, -0.15) is 0 Å². The Balaban J connectivity index is 1.69. The van der Waals surface area contributed by atoms with Crippen LogP contribution < -0.4 is 4.74 Å². The average Bonchev–Trinajstić information content (AvgIpc) is 3.24. The highest BCUT2D eigenvalue weighted by Crippen LogP contribution is 2.32. The van der Waals surface area contributed by atoms with Gasteiger partial charge in [0.1, 0.15) is 23.5 Å². The number of carbonyl (C=O) groups excluding carboxylic acids is 1. The predicted octanol–water partition coefficient (Wildman–Crippen LogP) is 4.20. The number of hydrogen-bond donors (Lipinski definition) is 0. The van der Waals surface area contributed by atoms with Gasteiger partial charge < -0.3 is 9.64 Å². The molecule has 29 heavy (non-hydrogen) atoms. The molecule has 0 aliphatic heterocycles. The molecule has 4 rings (SSSR count). The first kappa shape index (κ1) is 19.6. The zero-order valence-corrected chi connectivity index (χ0v) is 18.4. The summed E-state index contributed by atoms with van der Waals surface area (Å²) < 4.78 is 7.51. The lowest BCUT2D eigenvalue weighted by molar-refractivity contribution is 0.0831. The van der Waals surface area contributed by atoms with Gasteiger partial charge in [-0.25, -0.2) is 14.5 Å². The smallest absolute Gasteiger partial charge is 0.263 e. The fraction of sp³-hybridized carbons (Fsp3) is 0.300. The van der Waals surface area contributed by atoms with Crippen LogP contribution >= 0.6 is 22.9 Å². The Morgan fingerprint density at radius 2 is 1.93 bits per heavy atom. The van der Waals surface area contributed by atoms with Gasteiger partial charge in [0.05, 0.1) is 10.3 Å². The molecule has 3 aromatic heterocycles. The lowest BCUT2D eigenvalue weighted by Crippen LogP contribution is -2.21. The highest BCUT2D eigenvalue weighted by Gasteiger charge is 2.21. The third kappa shape index (κ3) is 3.42. The van der Waals surface area contributed by atoms with Crippen LogP contribution in [0.25, 0.3) is 15.9 Å². The first-order valence-corrected chi connectivity index (χ1v) is 10.2. The number of thiophene rings is 1. The average molecular weight is 430 g/mol. The van der Waals surface area contributed by atoms with Gasteiger partial charge in [-0.3, -0.25) is 4.79 Å². The van der Waals surface area contributed by atoms with E-state index in [1.54, 1.807) is 29.8 Å². The highest BCUT2D eigenvalue weighted by atomic mass is 35.5. The normalized spacial score (nSPS) is 11.4. The van der Waals surface area contributed by atoms with E-state index in [1.165, 1.54) is 11.3 Å². The van der Waals surface area contributed by atoms with Crippen LogP contribution in [0.4, 0.5) is 0 Å². The number of ether oxygens (including phenoxy) is 1. The first-order chi connectivity index (χ1) is 13.8. The Kier molecular flexibility index (Phi) is 4.92. The molecule has 1 amide bonds. The Morgan fingerprint density at radius 1 is 1.24 bits per heavy atom. The first-order valence-electron chi connectivity index (χ1n) is 9.00. The maximum atomic E-state index is 12.5. The second kappa shape index (κ2) is 7.27. The van der Waals surface area contributed by atoms with Crippen LogP contribution in [0.1, 0.15) is 32.2 Å². The number of halogens is 1. The third-order valence-corrected chi connectivity index (χ3v) is 6.47. The van der Waals surface area contributed by atoms with Gasteiger partial charge in [0, 0.05) is 19.1 Å². The predicted molar refractivity (Wildman–Crippen MR) is 114 cm³/mol. The van der Waals surface area contributed by atoms with E-state index < -0.39 is 0 Å². The Morgan fingerprint density at radius 3 is 2.59 bits per heavy atom. The van der Waals surface area contributed by atoms with E-state index in [2.05, 4.69) is 15.1 Å². The summed E-state index contributed by atoms with van der Waals surface area (Å²) in [7, 11) is 3.48. The van der Waals surface area contributed by atoms with Crippen LogP contribution in [-0.2, 0) is 6.61 Å². The van der Waals surface area contributed by atoms with Crippen molar-refractivity contribution in [2.24, 2.45) is 0 Å². The summed E-state index contributed by atoms with van der Waals surface area (Å²) in [6.45, 7) is 6.02. The second-order valence-corrected chi connectivity index (χ2v) is 8.51. The summed E-state index contributed by atoms with van der Waals surface area (Å²) in [6, 6.07) is 3.79. The van der Waals surface area contributed by atoms with Gasteiger partial charge >= 0.3 is 0 Å². The second-order valence-electron chi connectivity index (χ2n) is 7.14. The summed E-state index contributed by atoms with van der Waals surface area (Å²) in [4.78, 5) is 24.5. The molecule has 7 nitrogen and oxygen atoms in total. The summed E-state index contributed by atoms with van der Waals surface area (Å²) >= 11 is 7.59. The topological polar surface area (TPSA) is 72.6 Å². The van der Waals surface area contributed by atoms with E-state index in [0.29, 0.717) is 16.3 Å². The molecule has 150 valence electrons. The number of nitrogens with zero attached hydrogens (tertiary/aromatic N) is 5. The molecule has 0 aliphatic rings. The van der Waals surface area contributed by atoms with Crippen LogP contribution in [-0.4, -0.2) is 44.5 Å². The van der Waals surface area contributed by atoms with E-state index in [4.69, 9.17) is 16.3 Å². The van der Waals surface area contributed by atoms with Crippen molar-refractivity contribution >= 4 is 44.7 Å². The van der Waals surface area contributed by atoms with E-state index >= 15 is 0 Å². The van der Waals surface area contributed by atoms with Crippen LogP contribution in [0, 0.1) is 20.8 Å². The zero-order valence-electron chi connectivity index (χ0n) is 16.8. The summed E-state index contributed by atoms with van der Waals surface area (Å²) in [5, 5.41) is 6.06. The maximum absolute atomic E-state index is 12.5. The summed E-state index contributed by atoms with van der Waals surface area (Å²) in [6.07, 6.45) is 1.62. The van der Waals surface area contributed by atoms with Crippen molar-refractivity contribution in [1.29, 1.82) is 0 Å². The number of aromatic nitrogens is 4. The monoisotopic (exact) mass is 429 g/mol. The molecule has 1 aromatic carbocycles. The Labute approximate surface area is 176 Å². The molecule has 9 heteroatoms. The SMILES string of the molecule is Cc1cc(OCc2nc3c4c(C)c(C(=O)N(C)C)sc4ncn3n2)cc(C)c1Cl. The van der Waals surface area contributed by atoms with E-state index in [1.807, 2.05) is 32.9 Å². The summed E-state index contributed by atoms with van der Waals surface area (Å²) in [5.41, 5.74) is 3.46. The van der Waals surface area contributed by atoms with E-state index in [9.17, 15) is 4.79 Å². The van der Waals surface area contributed by atoms with Gasteiger partial charge in [0.25, 0.3) is 5.91 Å². The number of aryl methyl sites for hydroxylation is 3. The minimum Gasteiger partial charge on any atom is -0.486 e. The molecular formula is C20H20ClN5O2S. The number of hydrogen-bond acceptors (Lipinski definition) is 6. The molecular weight excluding hydrogens is 410 g/mol. The van der Waals surface area contributed by atoms with Crippen LogP contribution in [0.15, 0.2) is 18.5 Å². The Hall–Kier alpha value is -2.71. The van der Waals surface area contributed by atoms with E-state index in [0.717, 1.165) is 37.7 Å². The van der Waals surface area contributed by atoms with Gasteiger partial charge in [-0.05, 0) is 49.6 Å². The standard InChI is InChI=1S/C20H20ClN5O2S/c1-10-6-13(7-11(2)16(10)21)28-8-14-23-18-15-12(3)17(20(27)25(4)5)29-19(15)22-9-26(18)24-14/h6-7,9H,8H2,1-5H3. The quantitative estimate of drug-likeness (QED) is 0.486. The molecule has 0 bridgehead atoms. The van der Waals surface area contributed by atoms with Gasteiger partial charge in [0.2, 0.25) is 0 Å². The molecule has 0 saturated carbocycles. The van der Waals surface area contributed by atoms with Crippen LogP contribution in [0.2, 0.25) is 5.02 Å². The van der Waals surface area contributed by atoms with Crippen molar-refractivity contribution in [3.05, 3.63) is 50.9 Å². The zero-order chi connectivity index (χ0) is 20.9. The van der Waals surface area contributed by atoms with E-state index in [-0.39, 0.29) is 12.5 Å². The molecule has 0 fully saturated rings. The minimum atomic E-state index is -0.0415. The molecule has 0 radical (unpaired) electrons. The fourth-order valence-electron chi connectivity index (χ4n) is 3.18. The van der Waals surface area contributed by atoms with Crippen molar-refractivity contribution < 1.29 is 9.53 Å². The Bertz CT molecular complexity index is 1240. The van der Waals surface area contributed by atoms with Gasteiger partial charge in [-0.15, -0.1) is 16.4 Å². The molecule has 3 heterocycles. The van der Waals surface area contributed by atoms with Crippen LogP contribution in [0.3, 0.4) is 0 Å². The molecule has 0 saturated heterocycles.